The fourth-order valence-electron chi connectivity index (χ4n) is 2.69. The molecule has 118 valence electrons. The van der Waals surface area contributed by atoms with Crippen LogP contribution in [0.15, 0.2) is 12.1 Å². The highest BCUT2D eigenvalue weighted by Crippen LogP contribution is 2.35. The van der Waals surface area contributed by atoms with Gasteiger partial charge < -0.3 is 15.0 Å². The highest BCUT2D eigenvalue weighted by molar-refractivity contribution is 5.98. The normalized spacial score (nSPS) is 19.1. The number of aromatic nitrogens is 2. The van der Waals surface area contributed by atoms with Crippen LogP contribution >= 0.6 is 0 Å². The molecule has 0 spiro atoms. The molecule has 1 unspecified atom stereocenters. The first-order valence-corrected chi connectivity index (χ1v) is 6.80. The monoisotopic (exact) mass is 313 g/mol. The molecule has 2 heterocycles. The summed E-state index contributed by atoms with van der Waals surface area (Å²) in [6.45, 7) is 2.03. The number of nitrogens with zero attached hydrogens (tertiary/aromatic N) is 2. The summed E-state index contributed by atoms with van der Waals surface area (Å²) in [6, 6.07) is 2.20. The maximum atomic E-state index is 13.2. The van der Waals surface area contributed by atoms with Gasteiger partial charge in [0, 0.05) is 18.7 Å². The van der Waals surface area contributed by atoms with Gasteiger partial charge in [0.15, 0.2) is 0 Å². The van der Waals surface area contributed by atoms with E-state index in [1.807, 2.05) is 0 Å². The molecular weight excluding hydrogens is 299 g/mol. The van der Waals surface area contributed by atoms with Gasteiger partial charge in [-0.15, -0.1) is 0 Å². The van der Waals surface area contributed by atoms with Crippen LogP contribution < -0.4 is 0 Å². The van der Waals surface area contributed by atoms with Crippen LogP contribution in [0.4, 0.5) is 13.2 Å². The number of benzene rings is 1. The first-order valence-electron chi connectivity index (χ1n) is 6.80. The van der Waals surface area contributed by atoms with Crippen LogP contribution in [0.25, 0.3) is 11.0 Å². The average molecular weight is 313 g/mol. The van der Waals surface area contributed by atoms with E-state index in [0.29, 0.717) is 18.8 Å². The zero-order chi connectivity index (χ0) is 16.1. The number of imidazole rings is 1. The molecule has 0 radical (unpaired) electrons. The van der Waals surface area contributed by atoms with Crippen molar-refractivity contribution < 1.29 is 23.1 Å². The van der Waals surface area contributed by atoms with Crippen molar-refractivity contribution in [2.45, 2.75) is 25.6 Å². The number of carbonyl (C=O) groups is 1. The number of likely N-dealkylation sites (tertiary alicyclic amines) is 1. The largest absolute Gasteiger partial charge is 0.418 e. The SMILES string of the molecule is Cc1nc2c(C(F)(F)F)cc(C(=O)N3CCC(O)C3)cc2[nH]1. The second-order valence-corrected chi connectivity index (χ2v) is 5.43. The number of aromatic amines is 1. The quantitative estimate of drug-likeness (QED) is 0.847. The van der Waals surface area contributed by atoms with Gasteiger partial charge in [-0.1, -0.05) is 0 Å². The molecule has 1 aliphatic heterocycles. The van der Waals surface area contributed by atoms with E-state index in [1.165, 1.54) is 11.0 Å². The molecule has 1 atom stereocenters. The van der Waals surface area contributed by atoms with Crippen LogP contribution in [0.1, 0.15) is 28.2 Å². The number of aliphatic hydroxyl groups excluding tert-OH is 1. The van der Waals surface area contributed by atoms with Gasteiger partial charge in [0.1, 0.15) is 11.3 Å². The number of aliphatic hydroxyl groups is 1. The third-order valence-corrected chi connectivity index (χ3v) is 3.71. The van der Waals surface area contributed by atoms with Gasteiger partial charge in [-0.3, -0.25) is 4.79 Å². The second kappa shape index (κ2) is 4.98. The second-order valence-electron chi connectivity index (χ2n) is 5.43. The number of H-pyrrole nitrogens is 1. The van der Waals surface area contributed by atoms with Crippen molar-refractivity contribution in [3.63, 3.8) is 0 Å². The number of hydrogen-bond donors (Lipinski definition) is 2. The summed E-state index contributed by atoms with van der Waals surface area (Å²) < 4.78 is 39.6. The van der Waals surface area contributed by atoms with Gasteiger partial charge >= 0.3 is 6.18 Å². The van der Waals surface area contributed by atoms with Crippen molar-refractivity contribution in [1.82, 2.24) is 14.9 Å². The summed E-state index contributed by atoms with van der Waals surface area (Å²) in [5.41, 5.74) is -1.01. The number of alkyl halides is 3. The Balaban J connectivity index is 2.09. The summed E-state index contributed by atoms with van der Waals surface area (Å²) >= 11 is 0. The zero-order valence-electron chi connectivity index (χ0n) is 11.7. The lowest BCUT2D eigenvalue weighted by Gasteiger charge is -2.17. The summed E-state index contributed by atoms with van der Waals surface area (Å²) in [6.07, 6.45) is -4.78. The molecule has 3 rings (SSSR count). The van der Waals surface area contributed by atoms with Crippen LogP contribution in [-0.4, -0.2) is 45.1 Å². The molecule has 22 heavy (non-hydrogen) atoms. The summed E-state index contributed by atoms with van der Waals surface area (Å²) in [4.78, 5) is 20.3. The molecule has 5 nitrogen and oxygen atoms in total. The predicted octanol–water partition coefficient (Wildman–Crippen LogP) is 2.10. The number of halogens is 3. The van der Waals surface area contributed by atoms with E-state index in [2.05, 4.69) is 9.97 Å². The van der Waals surface area contributed by atoms with Gasteiger partial charge in [-0.05, 0) is 25.5 Å². The Morgan fingerprint density at radius 2 is 2.18 bits per heavy atom. The number of carbonyl (C=O) groups excluding carboxylic acids is 1. The predicted molar refractivity (Wildman–Crippen MR) is 72.4 cm³/mol. The van der Waals surface area contributed by atoms with E-state index >= 15 is 0 Å². The lowest BCUT2D eigenvalue weighted by atomic mass is 10.1. The first-order chi connectivity index (χ1) is 10.3. The Bertz CT molecular complexity index is 739. The maximum Gasteiger partial charge on any atom is 0.418 e. The molecule has 1 aromatic carbocycles. The average Bonchev–Trinajstić information content (AvgIpc) is 3.00. The van der Waals surface area contributed by atoms with Crippen LogP contribution in [0.2, 0.25) is 0 Å². The summed E-state index contributed by atoms with van der Waals surface area (Å²) in [5.74, 6) is -0.169. The summed E-state index contributed by atoms with van der Waals surface area (Å²) in [7, 11) is 0. The Labute approximate surface area is 123 Å². The van der Waals surface area contributed by atoms with Crippen LogP contribution in [0.5, 0.6) is 0 Å². The smallest absolute Gasteiger partial charge is 0.391 e. The van der Waals surface area contributed by atoms with Gasteiger partial charge in [-0.2, -0.15) is 13.2 Å². The van der Waals surface area contributed by atoms with Gasteiger partial charge in [0.2, 0.25) is 0 Å². The molecule has 8 heteroatoms. The number of amides is 1. The van der Waals surface area contributed by atoms with Crippen LogP contribution in [0, 0.1) is 6.92 Å². The fraction of sp³-hybridized carbons (Fsp3) is 0.429. The van der Waals surface area contributed by atoms with E-state index in [9.17, 15) is 23.1 Å². The van der Waals surface area contributed by atoms with Crippen molar-refractivity contribution in [3.05, 3.63) is 29.1 Å². The number of fused-ring (bicyclic) bond motifs is 1. The number of hydrogen-bond acceptors (Lipinski definition) is 3. The van der Waals surface area contributed by atoms with Crippen molar-refractivity contribution >= 4 is 16.9 Å². The van der Waals surface area contributed by atoms with E-state index in [4.69, 9.17) is 0 Å². The first kappa shape index (κ1) is 14.8. The zero-order valence-corrected chi connectivity index (χ0v) is 11.7. The molecule has 1 aromatic heterocycles. The molecule has 2 aromatic rings. The van der Waals surface area contributed by atoms with E-state index in [-0.39, 0.29) is 23.1 Å². The molecule has 1 aliphatic rings. The molecular formula is C14H14F3N3O2. The third kappa shape index (κ3) is 2.54. The molecule has 0 aliphatic carbocycles. The fourth-order valence-corrected chi connectivity index (χ4v) is 2.69. The van der Waals surface area contributed by atoms with Gasteiger partial charge in [-0.25, -0.2) is 4.98 Å². The highest BCUT2D eigenvalue weighted by atomic mass is 19.4. The number of rotatable bonds is 1. The molecule has 0 bridgehead atoms. The molecule has 2 N–H and O–H groups in total. The van der Waals surface area contributed by atoms with Crippen molar-refractivity contribution in [3.8, 4) is 0 Å². The lowest BCUT2D eigenvalue weighted by Crippen LogP contribution is -2.29. The standard InChI is InChI=1S/C14H14F3N3O2/c1-7-18-11-5-8(13(22)20-3-2-9(21)6-20)4-10(12(11)19-7)14(15,16)17/h4-5,9,21H,2-3,6H2,1H3,(H,18,19). The van der Waals surface area contributed by atoms with Crippen molar-refractivity contribution in [1.29, 1.82) is 0 Å². The number of aryl methyl sites for hydroxylation is 1. The van der Waals surface area contributed by atoms with E-state index in [0.717, 1.165) is 6.07 Å². The van der Waals surface area contributed by atoms with Crippen molar-refractivity contribution in [2.75, 3.05) is 13.1 Å². The number of nitrogens with one attached hydrogen (secondary N) is 1. The molecule has 1 amide bonds. The Hall–Kier alpha value is -2.09. The van der Waals surface area contributed by atoms with Gasteiger partial charge in [0.25, 0.3) is 5.91 Å². The van der Waals surface area contributed by atoms with Crippen LogP contribution in [0.3, 0.4) is 0 Å². The minimum Gasteiger partial charge on any atom is -0.391 e. The van der Waals surface area contributed by atoms with Crippen LogP contribution in [-0.2, 0) is 6.18 Å². The number of β-amino-alcohol motifs (C(OH)–C–C–N with tert-alkyl or cyclic N) is 1. The topological polar surface area (TPSA) is 69.2 Å². The van der Waals surface area contributed by atoms with Crippen molar-refractivity contribution in [2.24, 2.45) is 0 Å². The maximum absolute atomic E-state index is 13.2. The minimum absolute atomic E-state index is 0.0578. The van der Waals surface area contributed by atoms with E-state index in [1.54, 1.807) is 6.92 Å². The molecule has 0 saturated carbocycles. The summed E-state index contributed by atoms with van der Waals surface area (Å²) in [5, 5.41) is 9.46. The Morgan fingerprint density at radius 3 is 2.77 bits per heavy atom. The Morgan fingerprint density at radius 1 is 1.45 bits per heavy atom. The highest BCUT2D eigenvalue weighted by Gasteiger charge is 2.36. The third-order valence-electron chi connectivity index (χ3n) is 3.71. The molecule has 1 fully saturated rings. The lowest BCUT2D eigenvalue weighted by molar-refractivity contribution is -0.136. The Kier molecular flexibility index (Phi) is 3.36. The van der Waals surface area contributed by atoms with E-state index < -0.39 is 23.8 Å². The molecule has 1 saturated heterocycles. The minimum atomic E-state index is -4.60. The van der Waals surface area contributed by atoms with Gasteiger partial charge in [0.05, 0.1) is 17.2 Å².